The van der Waals surface area contributed by atoms with Crippen molar-refractivity contribution in [1.82, 2.24) is 0 Å². The van der Waals surface area contributed by atoms with E-state index in [0.29, 0.717) is 0 Å². The van der Waals surface area contributed by atoms with Gasteiger partial charge in [0, 0.05) is 19.3 Å². The van der Waals surface area contributed by atoms with Gasteiger partial charge in [-0.25, -0.2) is 0 Å². The van der Waals surface area contributed by atoms with Gasteiger partial charge in [0.25, 0.3) is 0 Å². The maximum absolute atomic E-state index is 8.91. The Morgan fingerprint density at radius 1 is 1.25 bits per heavy atom. The van der Waals surface area contributed by atoms with E-state index >= 15 is 0 Å². The van der Waals surface area contributed by atoms with Crippen molar-refractivity contribution in [3.8, 4) is 6.07 Å². The van der Waals surface area contributed by atoms with E-state index in [1.807, 2.05) is 32.0 Å². The lowest BCUT2D eigenvalue weighted by Crippen LogP contribution is -2.20. The van der Waals surface area contributed by atoms with E-state index in [0.717, 1.165) is 19.4 Å². The third-order valence-electron chi connectivity index (χ3n) is 2.79. The Hall–Kier alpha value is -1.49. The molecule has 0 bridgehead atoms. The largest absolute Gasteiger partial charge is 0.375 e. The van der Waals surface area contributed by atoms with Gasteiger partial charge in [0.2, 0.25) is 0 Å². The fourth-order valence-electron chi connectivity index (χ4n) is 1.63. The number of rotatable bonds is 5. The summed E-state index contributed by atoms with van der Waals surface area (Å²) in [6, 6.07) is 12.7. The van der Waals surface area contributed by atoms with Crippen molar-refractivity contribution in [1.29, 1.82) is 5.26 Å². The molecule has 0 atom stereocenters. The van der Waals surface area contributed by atoms with Crippen LogP contribution < -0.4 is 4.90 Å². The van der Waals surface area contributed by atoms with Gasteiger partial charge in [-0.1, -0.05) is 18.2 Å². The van der Waals surface area contributed by atoms with E-state index in [9.17, 15) is 0 Å². The lowest BCUT2D eigenvalue weighted by Gasteiger charge is -2.21. The zero-order chi connectivity index (χ0) is 12.0. The van der Waals surface area contributed by atoms with Crippen molar-refractivity contribution >= 4 is 5.69 Å². The van der Waals surface area contributed by atoms with Crippen LogP contribution >= 0.6 is 0 Å². The summed E-state index contributed by atoms with van der Waals surface area (Å²) in [7, 11) is 2.09. The van der Waals surface area contributed by atoms with Gasteiger partial charge >= 0.3 is 0 Å². The highest BCUT2D eigenvalue weighted by Gasteiger charge is 2.15. The second kappa shape index (κ2) is 5.55. The first-order valence-corrected chi connectivity index (χ1v) is 5.72. The average Bonchev–Trinajstić information content (AvgIpc) is 2.30. The molecule has 86 valence electrons. The molecule has 1 rings (SSSR count). The van der Waals surface area contributed by atoms with Crippen LogP contribution in [0.2, 0.25) is 0 Å². The molecule has 0 radical (unpaired) electrons. The minimum Gasteiger partial charge on any atom is -0.375 e. The topological polar surface area (TPSA) is 27.0 Å². The molecule has 2 heteroatoms. The van der Waals surface area contributed by atoms with Crippen LogP contribution in [0.3, 0.4) is 0 Å². The molecule has 2 nitrogen and oxygen atoms in total. The molecule has 1 aromatic rings. The van der Waals surface area contributed by atoms with Crippen LogP contribution in [0.15, 0.2) is 30.3 Å². The summed E-state index contributed by atoms with van der Waals surface area (Å²) in [6.45, 7) is 4.99. The first kappa shape index (κ1) is 12.6. The number of para-hydroxylation sites is 1. The van der Waals surface area contributed by atoms with Crippen LogP contribution in [0.5, 0.6) is 0 Å². The summed E-state index contributed by atoms with van der Waals surface area (Å²) < 4.78 is 0. The second-order valence-corrected chi connectivity index (χ2v) is 4.86. The van der Waals surface area contributed by atoms with Crippen molar-refractivity contribution in [2.45, 2.75) is 26.7 Å². The van der Waals surface area contributed by atoms with Crippen LogP contribution in [0.1, 0.15) is 26.7 Å². The van der Waals surface area contributed by atoms with Crippen molar-refractivity contribution < 1.29 is 0 Å². The maximum Gasteiger partial charge on any atom is 0.0683 e. The molecule has 0 spiro atoms. The average molecular weight is 216 g/mol. The normalized spacial score (nSPS) is 10.9. The highest BCUT2D eigenvalue weighted by atomic mass is 15.1. The summed E-state index contributed by atoms with van der Waals surface area (Å²) >= 11 is 0. The molecule has 0 saturated heterocycles. The van der Waals surface area contributed by atoms with Crippen molar-refractivity contribution in [3.05, 3.63) is 30.3 Å². The Bertz CT molecular complexity index is 349. The first-order chi connectivity index (χ1) is 7.55. The van der Waals surface area contributed by atoms with Crippen molar-refractivity contribution in [2.75, 3.05) is 18.5 Å². The lowest BCUT2D eigenvalue weighted by atomic mass is 9.90. The lowest BCUT2D eigenvalue weighted by molar-refractivity contribution is 0.436. The quantitative estimate of drug-likeness (QED) is 0.753. The summed E-state index contributed by atoms with van der Waals surface area (Å²) in [5.41, 5.74) is 1.04. The molecular formula is C14H20N2. The third kappa shape index (κ3) is 3.94. The molecular weight excluding hydrogens is 196 g/mol. The summed E-state index contributed by atoms with van der Waals surface area (Å²) in [5, 5.41) is 8.91. The van der Waals surface area contributed by atoms with Crippen LogP contribution in [0.4, 0.5) is 5.69 Å². The minimum atomic E-state index is -0.197. The molecule has 0 N–H and O–H groups in total. The zero-order valence-electron chi connectivity index (χ0n) is 10.4. The number of nitriles is 1. The number of hydrogen-bond acceptors (Lipinski definition) is 2. The Kier molecular flexibility index (Phi) is 4.37. The van der Waals surface area contributed by atoms with Gasteiger partial charge in [0.1, 0.15) is 0 Å². The molecule has 0 unspecified atom stereocenters. The molecule has 0 amide bonds. The van der Waals surface area contributed by atoms with Gasteiger partial charge in [-0.15, -0.1) is 0 Å². The predicted molar refractivity (Wildman–Crippen MR) is 68.3 cm³/mol. The number of nitrogens with zero attached hydrogens (tertiary/aromatic N) is 2. The molecule has 0 aromatic heterocycles. The van der Waals surface area contributed by atoms with E-state index in [1.165, 1.54) is 5.69 Å². The van der Waals surface area contributed by atoms with E-state index in [4.69, 9.17) is 5.26 Å². The summed E-state index contributed by atoms with van der Waals surface area (Å²) in [6.07, 6.45) is 1.99. The smallest absolute Gasteiger partial charge is 0.0683 e. The van der Waals surface area contributed by atoms with Crippen LogP contribution in [-0.4, -0.2) is 13.6 Å². The Balaban J connectivity index is 2.38. The standard InChI is InChI=1S/C14H20N2/c1-14(2,12-15)10-7-11-16(3)13-8-5-4-6-9-13/h4-6,8-9H,7,10-11H2,1-3H3. The van der Waals surface area contributed by atoms with Gasteiger partial charge < -0.3 is 4.90 Å². The molecule has 0 aliphatic rings. The van der Waals surface area contributed by atoms with Crippen LogP contribution in [0.25, 0.3) is 0 Å². The third-order valence-corrected chi connectivity index (χ3v) is 2.79. The van der Waals surface area contributed by atoms with E-state index in [2.05, 4.69) is 30.1 Å². The van der Waals surface area contributed by atoms with Crippen LogP contribution in [0, 0.1) is 16.7 Å². The number of benzene rings is 1. The van der Waals surface area contributed by atoms with Gasteiger partial charge in [0.05, 0.1) is 11.5 Å². The highest BCUT2D eigenvalue weighted by Crippen LogP contribution is 2.21. The Morgan fingerprint density at radius 2 is 1.88 bits per heavy atom. The van der Waals surface area contributed by atoms with E-state index in [1.54, 1.807) is 0 Å². The number of hydrogen-bond donors (Lipinski definition) is 0. The molecule has 0 aliphatic heterocycles. The first-order valence-electron chi connectivity index (χ1n) is 5.72. The van der Waals surface area contributed by atoms with Gasteiger partial charge in [-0.2, -0.15) is 5.26 Å². The van der Waals surface area contributed by atoms with Crippen molar-refractivity contribution in [2.24, 2.45) is 5.41 Å². The molecule has 1 aromatic carbocycles. The molecule has 0 saturated carbocycles. The predicted octanol–water partition coefficient (Wildman–Crippen LogP) is 3.45. The van der Waals surface area contributed by atoms with E-state index < -0.39 is 0 Å². The zero-order valence-corrected chi connectivity index (χ0v) is 10.4. The molecule has 0 aliphatic carbocycles. The Labute approximate surface area is 98.5 Å². The second-order valence-electron chi connectivity index (χ2n) is 4.86. The minimum absolute atomic E-state index is 0.197. The van der Waals surface area contributed by atoms with Gasteiger partial charge in [-0.05, 0) is 38.8 Å². The highest BCUT2D eigenvalue weighted by molar-refractivity contribution is 5.44. The maximum atomic E-state index is 8.91. The van der Waals surface area contributed by atoms with Crippen molar-refractivity contribution in [3.63, 3.8) is 0 Å². The monoisotopic (exact) mass is 216 g/mol. The summed E-state index contributed by atoms with van der Waals surface area (Å²) in [5.74, 6) is 0. The van der Waals surface area contributed by atoms with E-state index in [-0.39, 0.29) is 5.41 Å². The van der Waals surface area contributed by atoms with Gasteiger partial charge in [-0.3, -0.25) is 0 Å². The fourth-order valence-corrected chi connectivity index (χ4v) is 1.63. The molecule has 0 fully saturated rings. The molecule has 16 heavy (non-hydrogen) atoms. The fraction of sp³-hybridized carbons (Fsp3) is 0.500. The summed E-state index contributed by atoms with van der Waals surface area (Å²) in [4.78, 5) is 2.23. The van der Waals surface area contributed by atoms with Gasteiger partial charge in [0.15, 0.2) is 0 Å². The number of anilines is 1. The SMILES string of the molecule is CN(CCCC(C)(C)C#N)c1ccccc1. The molecule has 0 heterocycles. The Morgan fingerprint density at radius 3 is 2.44 bits per heavy atom. The van der Waals surface area contributed by atoms with Crippen LogP contribution in [-0.2, 0) is 0 Å².